The smallest absolute Gasteiger partial charge is 0.343 e. The van der Waals surface area contributed by atoms with Gasteiger partial charge in [-0.3, -0.25) is 0 Å². The van der Waals surface area contributed by atoms with Crippen LogP contribution in [0.25, 0.3) is 0 Å². The molecule has 0 unspecified atom stereocenters. The Hall–Kier alpha value is -3.33. The molecule has 0 atom stereocenters. The quantitative estimate of drug-likeness (QED) is 0.677. The van der Waals surface area contributed by atoms with Gasteiger partial charge in [0, 0.05) is 5.70 Å². The van der Waals surface area contributed by atoms with Crippen molar-refractivity contribution in [1.82, 2.24) is 0 Å². The summed E-state index contributed by atoms with van der Waals surface area (Å²) in [5, 5.41) is 6.18. The zero-order valence-corrected chi connectivity index (χ0v) is 17.7. The summed E-state index contributed by atoms with van der Waals surface area (Å²) in [6, 6.07) is 13.1. The van der Waals surface area contributed by atoms with Gasteiger partial charge in [0.05, 0.1) is 30.0 Å². The predicted molar refractivity (Wildman–Crippen MR) is 115 cm³/mol. The average molecular weight is 429 g/mol. The van der Waals surface area contributed by atoms with Crippen molar-refractivity contribution in [3.8, 4) is 5.75 Å². The lowest BCUT2D eigenvalue weighted by Gasteiger charge is -2.13. The van der Waals surface area contributed by atoms with Crippen LogP contribution in [0.1, 0.15) is 20.3 Å². The molecule has 1 aliphatic rings. The molecule has 0 saturated heterocycles. The first kappa shape index (κ1) is 21.4. The molecule has 30 heavy (non-hydrogen) atoms. The van der Waals surface area contributed by atoms with Crippen molar-refractivity contribution in [2.45, 2.75) is 25.2 Å². The standard InChI is InChI=1S/C21H23N3O5S/c1-4-16-19(21(25)29-5-2)20(23-18-9-7-6-8-17(18)22-16)24-30(26,27)15-12-10-14(28-3)11-13-15/h6-13,22H,4-5H2,1-3H3,(H,23,24). The van der Waals surface area contributed by atoms with Gasteiger partial charge in [0.15, 0.2) is 5.84 Å². The Bertz CT molecular complexity index is 1110. The molecule has 1 heterocycles. The molecule has 0 aromatic heterocycles. The minimum atomic E-state index is -4.12. The van der Waals surface area contributed by atoms with Crippen LogP contribution in [0.2, 0.25) is 0 Å². The molecular weight excluding hydrogens is 406 g/mol. The normalized spacial score (nSPS) is 15.0. The molecule has 2 aromatic carbocycles. The number of carbonyl (C=O) groups excluding carboxylic acids is 1. The highest BCUT2D eigenvalue weighted by atomic mass is 32.2. The van der Waals surface area contributed by atoms with Crippen LogP contribution in [0.15, 0.2) is 69.1 Å². The highest BCUT2D eigenvalue weighted by Crippen LogP contribution is 2.30. The summed E-state index contributed by atoms with van der Waals surface area (Å²) in [6.07, 6.45) is 0.436. The van der Waals surface area contributed by atoms with Crippen molar-refractivity contribution in [3.63, 3.8) is 0 Å². The molecule has 158 valence electrons. The van der Waals surface area contributed by atoms with Gasteiger partial charge in [-0.05, 0) is 49.7 Å². The Morgan fingerprint density at radius 2 is 1.63 bits per heavy atom. The number of hydrogen-bond donors (Lipinski definition) is 2. The number of ether oxygens (including phenoxy) is 2. The number of benzene rings is 2. The lowest BCUT2D eigenvalue weighted by molar-refractivity contribution is -0.137. The molecule has 0 radical (unpaired) electrons. The minimum absolute atomic E-state index is 0.0238. The number of amidine groups is 1. The van der Waals surface area contributed by atoms with Gasteiger partial charge in [-0.1, -0.05) is 19.1 Å². The number of methoxy groups -OCH3 is 1. The second-order valence-electron chi connectivity index (χ2n) is 6.31. The van der Waals surface area contributed by atoms with E-state index in [1.165, 1.54) is 31.4 Å². The van der Waals surface area contributed by atoms with Crippen molar-refractivity contribution in [2.75, 3.05) is 24.4 Å². The lowest BCUT2D eigenvalue weighted by Crippen LogP contribution is -2.25. The molecule has 0 aliphatic carbocycles. The number of fused-ring (bicyclic) bond motifs is 1. The number of sulfonamides is 1. The minimum Gasteiger partial charge on any atom is -0.497 e. The summed E-state index contributed by atoms with van der Waals surface area (Å²) < 4.78 is 40.2. The SMILES string of the molecule is CCOC(=O)C1=C(CC)Nc2ccccc2N/C1=N\S(=O)(=O)c1ccc(OC)cc1. The number of hydrogen-bond acceptors (Lipinski definition) is 6. The van der Waals surface area contributed by atoms with Crippen LogP contribution in [-0.4, -0.2) is 33.9 Å². The van der Waals surface area contributed by atoms with Gasteiger partial charge in [0.25, 0.3) is 10.0 Å². The molecule has 8 nitrogen and oxygen atoms in total. The van der Waals surface area contributed by atoms with Gasteiger partial charge in [-0.2, -0.15) is 8.42 Å². The first-order valence-corrected chi connectivity index (χ1v) is 10.9. The Morgan fingerprint density at radius 3 is 2.20 bits per heavy atom. The molecule has 9 heteroatoms. The Balaban J connectivity index is 2.16. The van der Waals surface area contributed by atoms with E-state index in [2.05, 4.69) is 15.0 Å². The monoisotopic (exact) mass is 429 g/mol. The van der Waals surface area contributed by atoms with Gasteiger partial charge in [0.1, 0.15) is 11.3 Å². The van der Waals surface area contributed by atoms with Crippen LogP contribution in [0.4, 0.5) is 11.4 Å². The fourth-order valence-corrected chi connectivity index (χ4v) is 3.90. The molecule has 0 saturated carbocycles. The summed E-state index contributed by atoms with van der Waals surface area (Å²) in [5.74, 6) is -0.239. The van der Waals surface area contributed by atoms with E-state index in [0.29, 0.717) is 29.2 Å². The number of nitrogens with one attached hydrogen (secondary N) is 2. The zero-order chi connectivity index (χ0) is 21.7. The molecule has 3 rings (SSSR count). The van der Waals surface area contributed by atoms with E-state index in [9.17, 15) is 13.2 Å². The molecule has 2 aromatic rings. The Morgan fingerprint density at radius 1 is 1.00 bits per heavy atom. The first-order chi connectivity index (χ1) is 14.4. The van der Waals surface area contributed by atoms with Crippen molar-refractivity contribution in [1.29, 1.82) is 0 Å². The molecule has 0 spiro atoms. The van der Waals surface area contributed by atoms with Crippen LogP contribution >= 0.6 is 0 Å². The predicted octanol–water partition coefficient (Wildman–Crippen LogP) is 3.55. The molecule has 0 bridgehead atoms. The lowest BCUT2D eigenvalue weighted by atomic mass is 10.1. The summed E-state index contributed by atoms with van der Waals surface area (Å²) in [5.41, 5.74) is 1.84. The highest BCUT2D eigenvalue weighted by Gasteiger charge is 2.28. The van der Waals surface area contributed by atoms with E-state index in [1.807, 2.05) is 19.1 Å². The number of nitrogens with zero attached hydrogens (tertiary/aromatic N) is 1. The summed E-state index contributed by atoms with van der Waals surface area (Å²) in [4.78, 5) is 12.7. The van der Waals surface area contributed by atoms with Gasteiger partial charge in [-0.25, -0.2) is 4.79 Å². The Kier molecular flexibility index (Phi) is 6.41. The van der Waals surface area contributed by atoms with Crippen LogP contribution in [-0.2, 0) is 19.6 Å². The third-order valence-electron chi connectivity index (χ3n) is 4.41. The number of allylic oxidation sites excluding steroid dienone is 1. The van der Waals surface area contributed by atoms with Crippen molar-refractivity contribution < 1.29 is 22.7 Å². The van der Waals surface area contributed by atoms with Gasteiger partial charge in [0.2, 0.25) is 0 Å². The van der Waals surface area contributed by atoms with Crippen LogP contribution in [0.5, 0.6) is 5.75 Å². The zero-order valence-electron chi connectivity index (χ0n) is 16.9. The molecule has 0 amide bonds. The number of carbonyl (C=O) groups is 1. The summed E-state index contributed by atoms with van der Waals surface area (Å²) >= 11 is 0. The second-order valence-corrected chi connectivity index (χ2v) is 7.92. The van der Waals surface area contributed by atoms with E-state index in [-0.39, 0.29) is 22.9 Å². The summed E-state index contributed by atoms with van der Waals surface area (Å²) in [6.45, 7) is 3.68. The van der Waals surface area contributed by atoms with Crippen LogP contribution in [0.3, 0.4) is 0 Å². The highest BCUT2D eigenvalue weighted by molar-refractivity contribution is 7.90. The maximum atomic E-state index is 13.0. The molecule has 0 fully saturated rings. The third kappa shape index (κ3) is 4.46. The topological polar surface area (TPSA) is 106 Å². The number of rotatable bonds is 6. The van der Waals surface area contributed by atoms with Gasteiger partial charge < -0.3 is 20.1 Å². The largest absolute Gasteiger partial charge is 0.497 e. The fraction of sp³-hybridized carbons (Fsp3) is 0.238. The van der Waals surface area contributed by atoms with E-state index in [0.717, 1.165) is 0 Å². The molecule has 2 N–H and O–H groups in total. The van der Waals surface area contributed by atoms with Gasteiger partial charge in [-0.15, -0.1) is 4.40 Å². The molecule has 1 aliphatic heterocycles. The number of esters is 1. The second kappa shape index (κ2) is 9.00. The van der Waals surface area contributed by atoms with Crippen molar-refractivity contribution in [2.24, 2.45) is 4.40 Å². The van der Waals surface area contributed by atoms with E-state index < -0.39 is 16.0 Å². The summed E-state index contributed by atoms with van der Waals surface area (Å²) in [7, 11) is -2.62. The van der Waals surface area contributed by atoms with Crippen molar-refractivity contribution >= 4 is 33.2 Å². The average Bonchev–Trinajstić information content (AvgIpc) is 2.89. The molecular formula is C21H23N3O5S. The van der Waals surface area contributed by atoms with Gasteiger partial charge >= 0.3 is 5.97 Å². The van der Waals surface area contributed by atoms with Crippen LogP contribution < -0.4 is 15.4 Å². The van der Waals surface area contributed by atoms with Crippen LogP contribution in [0, 0.1) is 0 Å². The third-order valence-corrected chi connectivity index (χ3v) is 5.70. The van der Waals surface area contributed by atoms with Crippen molar-refractivity contribution in [3.05, 3.63) is 59.8 Å². The Labute approximate surface area is 175 Å². The van der Waals surface area contributed by atoms with E-state index in [4.69, 9.17) is 9.47 Å². The maximum Gasteiger partial charge on any atom is 0.343 e. The van der Waals surface area contributed by atoms with E-state index >= 15 is 0 Å². The fourth-order valence-electron chi connectivity index (χ4n) is 2.94. The number of anilines is 2. The van der Waals surface area contributed by atoms with E-state index in [1.54, 1.807) is 19.1 Å². The number of para-hydroxylation sites is 2. The first-order valence-electron chi connectivity index (χ1n) is 9.42. The maximum absolute atomic E-state index is 13.0.